The van der Waals surface area contributed by atoms with Crippen molar-refractivity contribution in [1.29, 1.82) is 0 Å². The average Bonchev–Trinajstić information content (AvgIpc) is 3.04. The lowest BCUT2D eigenvalue weighted by Crippen LogP contribution is -2.47. The summed E-state index contributed by atoms with van der Waals surface area (Å²) in [6.45, 7) is 16.0. The van der Waals surface area contributed by atoms with Gasteiger partial charge in [0.2, 0.25) is 0 Å². The van der Waals surface area contributed by atoms with Gasteiger partial charge in [0.1, 0.15) is 5.01 Å². The van der Waals surface area contributed by atoms with E-state index < -0.39 is 18.5 Å². The van der Waals surface area contributed by atoms with E-state index in [4.69, 9.17) is 4.43 Å². The highest BCUT2D eigenvalue weighted by molar-refractivity contribution is 7.87. The fourth-order valence-corrected chi connectivity index (χ4v) is 6.13. The van der Waals surface area contributed by atoms with Crippen molar-refractivity contribution in [2.45, 2.75) is 77.4 Å². The predicted octanol–water partition coefficient (Wildman–Crippen LogP) is 3.24. The molecule has 1 aliphatic rings. The monoisotopic (exact) mass is 448 g/mol. The molecule has 1 aromatic rings. The normalized spacial score (nSPS) is 19.1. The minimum atomic E-state index is -3.36. The maximum atomic E-state index is 11.6. The summed E-state index contributed by atoms with van der Waals surface area (Å²) in [6, 6.07) is 0.00346. The second-order valence-corrected chi connectivity index (χ2v) is 16.6. The Kier molecular flexibility index (Phi) is 7.85. The Hall–Kier alpha value is -0.363. The van der Waals surface area contributed by atoms with E-state index in [1.165, 1.54) is 11.9 Å². The lowest BCUT2D eigenvalue weighted by Gasteiger charge is -2.38. The minimum Gasteiger partial charge on any atom is -0.408 e. The van der Waals surface area contributed by atoms with Crippen molar-refractivity contribution in [1.82, 2.24) is 19.3 Å². The molecule has 28 heavy (non-hydrogen) atoms. The molecule has 1 aromatic heterocycles. The van der Waals surface area contributed by atoms with E-state index in [0.717, 1.165) is 37.5 Å². The summed E-state index contributed by atoms with van der Waals surface area (Å²) in [5.41, 5.74) is 0. The third kappa shape index (κ3) is 6.58. The highest BCUT2D eigenvalue weighted by Crippen LogP contribution is 2.40. The molecule has 1 saturated heterocycles. The van der Waals surface area contributed by atoms with Crippen LogP contribution in [0.2, 0.25) is 18.1 Å². The third-order valence-electron chi connectivity index (χ3n) is 5.75. The Labute approximate surface area is 175 Å². The van der Waals surface area contributed by atoms with Gasteiger partial charge < -0.3 is 4.43 Å². The van der Waals surface area contributed by atoms with Crippen LogP contribution in [-0.4, -0.2) is 52.8 Å². The van der Waals surface area contributed by atoms with Crippen molar-refractivity contribution < 1.29 is 12.8 Å². The summed E-state index contributed by atoms with van der Waals surface area (Å²) >= 11 is 1.72. The molecule has 0 aliphatic carbocycles. The van der Waals surface area contributed by atoms with E-state index in [0.29, 0.717) is 0 Å². The van der Waals surface area contributed by atoms with Gasteiger partial charge in [-0.3, -0.25) is 4.90 Å². The fourth-order valence-electron chi connectivity index (χ4n) is 2.96. The molecule has 2 heterocycles. The van der Waals surface area contributed by atoms with Crippen LogP contribution in [0.5, 0.6) is 0 Å². The van der Waals surface area contributed by atoms with E-state index >= 15 is 0 Å². The molecule has 0 saturated carbocycles. The molecule has 162 valence electrons. The Morgan fingerprint density at radius 1 is 1.36 bits per heavy atom. The van der Waals surface area contributed by atoms with Gasteiger partial charge in [0, 0.05) is 43.8 Å². The number of nitrogens with zero attached hydrogens (tertiary/aromatic N) is 2. The van der Waals surface area contributed by atoms with Gasteiger partial charge in [0.15, 0.2) is 8.32 Å². The van der Waals surface area contributed by atoms with Gasteiger partial charge in [-0.1, -0.05) is 20.8 Å². The maximum absolute atomic E-state index is 11.6. The number of hydrogen-bond acceptors (Lipinski definition) is 6. The fraction of sp³-hybridized carbons (Fsp3) is 0.833. The molecule has 1 fully saturated rings. The number of rotatable bonds is 8. The van der Waals surface area contributed by atoms with Crippen LogP contribution in [0.15, 0.2) is 6.20 Å². The molecule has 1 aliphatic heterocycles. The maximum Gasteiger partial charge on any atom is 0.276 e. The van der Waals surface area contributed by atoms with Crippen LogP contribution in [-0.2, 0) is 21.2 Å². The molecule has 2 N–H and O–H groups in total. The minimum absolute atomic E-state index is 0.00346. The van der Waals surface area contributed by atoms with Crippen LogP contribution in [0.4, 0.5) is 0 Å². The molecule has 1 atom stereocenters. The van der Waals surface area contributed by atoms with E-state index in [2.05, 4.69) is 60.1 Å². The van der Waals surface area contributed by atoms with Gasteiger partial charge in [-0.25, -0.2) is 9.71 Å². The summed E-state index contributed by atoms with van der Waals surface area (Å²) in [6.07, 6.45) is 3.61. The van der Waals surface area contributed by atoms with Crippen molar-refractivity contribution in [2.75, 3.05) is 20.1 Å². The van der Waals surface area contributed by atoms with E-state index in [1.54, 1.807) is 11.3 Å². The van der Waals surface area contributed by atoms with E-state index in [9.17, 15) is 8.42 Å². The second-order valence-electron chi connectivity index (χ2n) is 9.06. The number of hydrogen-bond donors (Lipinski definition) is 2. The lowest BCUT2D eigenvalue weighted by atomic mass is 10.1. The molecular formula is C18H36N4O3S2Si. The lowest BCUT2D eigenvalue weighted by molar-refractivity contribution is 0.201. The van der Waals surface area contributed by atoms with Crippen LogP contribution in [0.3, 0.4) is 0 Å². The van der Waals surface area contributed by atoms with Crippen LogP contribution in [0, 0.1) is 0 Å². The van der Waals surface area contributed by atoms with Crippen molar-refractivity contribution >= 4 is 29.9 Å². The molecule has 0 spiro atoms. The Bertz CT molecular complexity index is 738. The number of piperidine rings is 1. The highest BCUT2D eigenvalue weighted by Gasteiger charge is 2.39. The van der Waals surface area contributed by atoms with E-state index in [1.807, 2.05) is 6.20 Å². The Balaban J connectivity index is 1.87. The third-order valence-corrected chi connectivity index (χ3v) is 12.6. The SMILES string of the molecule is CNS(=O)(=O)NC1CCN(Cc2cnc([C@@H](C)O[Si](C)(C)C(C)(C)C)s2)CC1. The highest BCUT2D eigenvalue weighted by atomic mass is 32.2. The number of aromatic nitrogens is 1. The first-order valence-corrected chi connectivity index (χ1v) is 15.1. The average molecular weight is 449 g/mol. The number of thiazole rings is 1. The van der Waals surface area contributed by atoms with Gasteiger partial charge in [-0.15, -0.1) is 11.3 Å². The van der Waals surface area contributed by atoms with Crippen molar-refractivity contribution in [3.05, 3.63) is 16.1 Å². The molecule has 0 aromatic carbocycles. The largest absolute Gasteiger partial charge is 0.408 e. The van der Waals surface area contributed by atoms with Gasteiger partial charge >= 0.3 is 0 Å². The predicted molar refractivity (Wildman–Crippen MR) is 118 cm³/mol. The first-order valence-electron chi connectivity index (χ1n) is 9.88. The zero-order chi connectivity index (χ0) is 21.2. The molecule has 2 rings (SSSR count). The molecule has 7 nitrogen and oxygen atoms in total. The standard InChI is InChI=1S/C18H36N4O3S2Si/c1-14(25-28(6,7)18(2,3)4)17-20-12-16(26-17)13-22-10-8-15(9-11-22)21-27(23,24)19-5/h12,14-15,19,21H,8-11,13H2,1-7H3/t14-/m1/s1. The molecular weight excluding hydrogens is 412 g/mol. The van der Waals surface area contributed by atoms with Crippen LogP contribution in [0.25, 0.3) is 0 Å². The summed E-state index contributed by atoms with van der Waals surface area (Å²) in [5, 5.41) is 1.22. The van der Waals surface area contributed by atoms with Crippen LogP contribution < -0.4 is 9.44 Å². The first kappa shape index (κ1) is 23.9. The van der Waals surface area contributed by atoms with Crippen LogP contribution >= 0.6 is 11.3 Å². The quantitative estimate of drug-likeness (QED) is 0.597. The molecule has 0 unspecified atom stereocenters. The topological polar surface area (TPSA) is 83.6 Å². The molecule has 0 amide bonds. The van der Waals surface area contributed by atoms with Crippen molar-refractivity contribution in [2.24, 2.45) is 0 Å². The molecule has 0 radical (unpaired) electrons. The summed E-state index contributed by atoms with van der Waals surface area (Å²) < 4.78 is 34.7. The summed E-state index contributed by atoms with van der Waals surface area (Å²) in [7, 11) is -3.76. The smallest absolute Gasteiger partial charge is 0.276 e. The number of likely N-dealkylation sites (tertiary alicyclic amines) is 1. The molecule has 10 heteroatoms. The van der Waals surface area contributed by atoms with Gasteiger partial charge in [-0.2, -0.15) is 13.1 Å². The zero-order valence-corrected chi connectivity index (χ0v) is 20.8. The van der Waals surface area contributed by atoms with Gasteiger partial charge in [-0.05, 0) is 37.9 Å². The number of nitrogens with one attached hydrogen (secondary N) is 2. The Morgan fingerprint density at radius 2 is 1.96 bits per heavy atom. The summed E-state index contributed by atoms with van der Waals surface area (Å²) in [5.74, 6) is 0. The Morgan fingerprint density at radius 3 is 2.50 bits per heavy atom. The zero-order valence-electron chi connectivity index (χ0n) is 18.2. The first-order chi connectivity index (χ1) is 12.8. The van der Waals surface area contributed by atoms with Crippen LogP contribution in [0.1, 0.15) is 56.5 Å². The van der Waals surface area contributed by atoms with Crippen molar-refractivity contribution in [3.63, 3.8) is 0 Å². The van der Waals surface area contributed by atoms with E-state index in [-0.39, 0.29) is 17.2 Å². The van der Waals surface area contributed by atoms with Crippen molar-refractivity contribution in [3.8, 4) is 0 Å². The van der Waals surface area contributed by atoms with Gasteiger partial charge in [0.05, 0.1) is 6.10 Å². The second kappa shape index (κ2) is 9.19. The summed E-state index contributed by atoms with van der Waals surface area (Å²) in [4.78, 5) is 8.20. The molecule has 0 bridgehead atoms. The van der Waals surface area contributed by atoms with Gasteiger partial charge in [0.25, 0.3) is 10.2 Å².